The van der Waals surface area contributed by atoms with E-state index in [4.69, 9.17) is 10.3 Å². The molecule has 1 atom stereocenters. The minimum atomic E-state index is -0.0569. The van der Waals surface area contributed by atoms with Crippen molar-refractivity contribution < 1.29 is 4.42 Å². The van der Waals surface area contributed by atoms with Crippen LogP contribution in [0, 0.1) is 0 Å². The van der Waals surface area contributed by atoms with Crippen LogP contribution in [0.4, 0.5) is 0 Å². The molecule has 23 heavy (non-hydrogen) atoms. The first-order chi connectivity index (χ1) is 11.2. The van der Waals surface area contributed by atoms with Gasteiger partial charge in [-0.2, -0.15) is 0 Å². The van der Waals surface area contributed by atoms with Crippen molar-refractivity contribution in [2.24, 2.45) is 0 Å². The predicted molar refractivity (Wildman–Crippen MR) is 86.2 cm³/mol. The van der Waals surface area contributed by atoms with Gasteiger partial charge in [0.05, 0.1) is 5.25 Å². The van der Waals surface area contributed by atoms with Gasteiger partial charge < -0.3 is 10.3 Å². The molecule has 7 nitrogen and oxygen atoms in total. The molecule has 0 spiro atoms. The Morgan fingerprint density at radius 1 is 1.17 bits per heavy atom. The third-order valence-electron chi connectivity index (χ3n) is 3.72. The van der Waals surface area contributed by atoms with Crippen molar-refractivity contribution in [2.75, 3.05) is 5.84 Å². The van der Waals surface area contributed by atoms with Crippen LogP contribution in [0.1, 0.15) is 42.6 Å². The van der Waals surface area contributed by atoms with E-state index in [1.54, 1.807) is 4.68 Å². The molecule has 1 aromatic carbocycles. The second-order valence-electron chi connectivity index (χ2n) is 5.56. The molecule has 0 radical (unpaired) electrons. The summed E-state index contributed by atoms with van der Waals surface area (Å²) in [5.74, 6) is 8.45. The highest BCUT2D eigenvalue weighted by Crippen LogP contribution is 2.40. The van der Waals surface area contributed by atoms with Crippen LogP contribution in [-0.2, 0) is 0 Å². The minimum Gasteiger partial charge on any atom is -0.419 e. The Morgan fingerprint density at radius 3 is 2.70 bits per heavy atom. The number of hydrogen-bond donors (Lipinski definition) is 1. The molecule has 2 heterocycles. The Kier molecular flexibility index (Phi) is 3.53. The van der Waals surface area contributed by atoms with Crippen molar-refractivity contribution in [3.8, 4) is 11.5 Å². The van der Waals surface area contributed by atoms with Gasteiger partial charge in [-0.1, -0.05) is 30.0 Å². The molecule has 0 saturated heterocycles. The maximum atomic E-state index is 6.07. The van der Waals surface area contributed by atoms with Gasteiger partial charge in [0.2, 0.25) is 16.9 Å². The Bertz CT molecular complexity index is 810. The summed E-state index contributed by atoms with van der Waals surface area (Å²) in [4.78, 5) is 0. The lowest BCUT2D eigenvalue weighted by molar-refractivity contribution is 0.508. The molecular weight excluding hydrogens is 312 g/mol. The predicted octanol–water partition coefficient (Wildman–Crippen LogP) is 2.77. The number of rotatable bonds is 5. The number of nitrogen functional groups attached to an aromatic ring is 1. The highest BCUT2D eigenvalue weighted by atomic mass is 32.2. The van der Waals surface area contributed by atoms with Crippen LogP contribution in [0.15, 0.2) is 39.9 Å². The summed E-state index contributed by atoms with van der Waals surface area (Å²) < 4.78 is 7.35. The van der Waals surface area contributed by atoms with Gasteiger partial charge >= 0.3 is 0 Å². The van der Waals surface area contributed by atoms with E-state index in [0.29, 0.717) is 22.9 Å². The second kappa shape index (κ2) is 5.69. The van der Waals surface area contributed by atoms with E-state index in [-0.39, 0.29) is 5.25 Å². The summed E-state index contributed by atoms with van der Waals surface area (Å²) in [7, 11) is 0. The highest BCUT2D eigenvalue weighted by molar-refractivity contribution is 7.99. The van der Waals surface area contributed by atoms with Crippen LogP contribution >= 0.6 is 11.8 Å². The first-order valence-corrected chi connectivity index (χ1v) is 8.36. The van der Waals surface area contributed by atoms with Crippen molar-refractivity contribution in [3.63, 3.8) is 0 Å². The monoisotopic (exact) mass is 328 g/mol. The average Bonchev–Trinajstić information content (AvgIpc) is 3.17. The fourth-order valence-electron chi connectivity index (χ4n) is 2.29. The van der Waals surface area contributed by atoms with Gasteiger partial charge in [-0.3, -0.25) is 0 Å². The first kappa shape index (κ1) is 14.3. The van der Waals surface area contributed by atoms with E-state index in [0.717, 1.165) is 24.2 Å². The lowest BCUT2D eigenvalue weighted by Gasteiger charge is -2.06. The van der Waals surface area contributed by atoms with Gasteiger partial charge in [0.25, 0.3) is 0 Å². The van der Waals surface area contributed by atoms with Gasteiger partial charge in [-0.15, -0.1) is 20.4 Å². The molecule has 0 aliphatic heterocycles. The second-order valence-corrected chi connectivity index (χ2v) is 6.86. The van der Waals surface area contributed by atoms with Gasteiger partial charge in [0.15, 0.2) is 5.82 Å². The summed E-state index contributed by atoms with van der Waals surface area (Å²) in [6.07, 6.45) is 2.28. The van der Waals surface area contributed by atoms with E-state index in [9.17, 15) is 0 Å². The lowest BCUT2D eigenvalue weighted by atomic mass is 10.2. The van der Waals surface area contributed by atoms with Gasteiger partial charge in [0, 0.05) is 11.5 Å². The summed E-state index contributed by atoms with van der Waals surface area (Å²) in [6, 6.07) is 9.70. The summed E-state index contributed by atoms with van der Waals surface area (Å²) in [6.45, 7) is 1.98. The molecule has 4 rings (SSSR count). The van der Waals surface area contributed by atoms with E-state index in [1.807, 2.05) is 37.3 Å². The third kappa shape index (κ3) is 2.81. The SMILES string of the molecule is C[C@@H](Sc1nnc(C2CC2)n1N)c1nnc(-c2ccccc2)o1. The lowest BCUT2D eigenvalue weighted by Crippen LogP contribution is -2.13. The zero-order chi connectivity index (χ0) is 15.8. The number of nitrogens with zero attached hydrogens (tertiary/aromatic N) is 5. The van der Waals surface area contributed by atoms with Crippen LogP contribution in [0.5, 0.6) is 0 Å². The number of aromatic nitrogens is 5. The van der Waals surface area contributed by atoms with Crippen molar-refractivity contribution in [1.29, 1.82) is 0 Å². The summed E-state index contributed by atoms with van der Waals surface area (Å²) >= 11 is 1.47. The van der Waals surface area contributed by atoms with Gasteiger partial charge in [-0.25, -0.2) is 4.68 Å². The molecule has 0 amide bonds. The Balaban J connectivity index is 1.51. The normalized spacial score (nSPS) is 15.7. The van der Waals surface area contributed by atoms with Crippen LogP contribution in [0.3, 0.4) is 0 Å². The molecule has 1 fully saturated rings. The maximum Gasteiger partial charge on any atom is 0.247 e. The number of thioether (sulfide) groups is 1. The van der Waals surface area contributed by atoms with Gasteiger partial charge in [0.1, 0.15) is 0 Å². The van der Waals surface area contributed by atoms with Crippen LogP contribution in [0.25, 0.3) is 11.5 Å². The summed E-state index contributed by atoms with van der Waals surface area (Å²) in [5, 5.41) is 17.2. The minimum absolute atomic E-state index is 0.0569. The molecule has 2 aromatic heterocycles. The number of nitrogens with two attached hydrogens (primary N) is 1. The molecule has 2 N–H and O–H groups in total. The van der Waals surface area contributed by atoms with E-state index in [2.05, 4.69) is 20.4 Å². The van der Waals surface area contributed by atoms with Crippen LogP contribution in [0.2, 0.25) is 0 Å². The molecular formula is C15H16N6OS. The van der Waals surface area contributed by atoms with E-state index >= 15 is 0 Å². The molecule has 118 valence electrons. The smallest absolute Gasteiger partial charge is 0.247 e. The molecule has 1 aliphatic carbocycles. The van der Waals surface area contributed by atoms with Crippen molar-refractivity contribution in [1.82, 2.24) is 25.1 Å². The Morgan fingerprint density at radius 2 is 1.96 bits per heavy atom. The third-order valence-corrected chi connectivity index (χ3v) is 4.77. The van der Waals surface area contributed by atoms with E-state index in [1.165, 1.54) is 11.8 Å². The molecule has 1 aliphatic rings. The Labute approximate surface area is 137 Å². The topological polar surface area (TPSA) is 95.7 Å². The zero-order valence-corrected chi connectivity index (χ0v) is 13.4. The highest BCUT2D eigenvalue weighted by Gasteiger charge is 2.30. The fourth-order valence-corrected chi connectivity index (χ4v) is 3.10. The standard InChI is InChI=1S/C15H16N6OS/c1-9(23-15-20-17-12(21(15)16)10-7-8-10)13-18-19-14(22-13)11-5-3-2-4-6-11/h2-6,9-10H,7-8,16H2,1H3/t9-/m1/s1. The first-order valence-electron chi connectivity index (χ1n) is 7.48. The van der Waals surface area contributed by atoms with Crippen LogP contribution in [-0.4, -0.2) is 25.1 Å². The molecule has 0 bridgehead atoms. The van der Waals surface area contributed by atoms with Gasteiger partial charge in [-0.05, 0) is 31.9 Å². The van der Waals surface area contributed by atoms with Crippen molar-refractivity contribution in [3.05, 3.63) is 42.0 Å². The Hall–Kier alpha value is -2.35. The molecule has 8 heteroatoms. The van der Waals surface area contributed by atoms with Crippen molar-refractivity contribution in [2.45, 2.75) is 36.1 Å². The molecule has 1 saturated carbocycles. The molecule has 3 aromatic rings. The fraction of sp³-hybridized carbons (Fsp3) is 0.333. The quantitative estimate of drug-likeness (QED) is 0.568. The largest absolute Gasteiger partial charge is 0.419 e. The number of hydrogen-bond acceptors (Lipinski definition) is 7. The average molecular weight is 328 g/mol. The van der Waals surface area contributed by atoms with Crippen LogP contribution < -0.4 is 5.84 Å². The van der Waals surface area contributed by atoms with Crippen molar-refractivity contribution >= 4 is 11.8 Å². The summed E-state index contributed by atoms with van der Waals surface area (Å²) in [5.41, 5.74) is 0.904. The molecule has 0 unspecified atom stereocenters. The maximum absolute atomic E-state index is 6.07. The number of benzene rings is 1. The zero-order valence-electron chi connectivity index (χ0n) is 12.6. The van der Waals surface area contributed by atoms with E-state index < -0.39 is 0 Å².